The number of ether oxygens (including phenoxy) is 4. The van der Waals surface area contributed by atoms with Crippen LogP contribution in [0.2, 0.25) is 0 Å². The monoisotopic (exact) mass is 496 g/mol. The Balaban J connectivity index is 1.73. The fourth-order valence-corrected chi connectivity index (χ4v) is 4.62. The number of amides is 2. The van der Waals surface area contributed by atoms with Crippen LogP contribution in [0.3, 0.4) is 0 Å². The largest absolute Gasteiger partial charge is 0.494 e. The Bertz CT molecular complexity index is 1120. The summed E-state index contributed by atoms with van der Waals surface area (Å²) in [5.74, 6) is 1.10. The minimum absolute atomic E-state index is 0.0359. The average Bonchev–Trinajstić information content (AvgIpc) is 2.89. The van der Waals surface area contributed by atoms with Crippen molar-refractivity contribution in [1.29, 1.82) is 0 Å². The first kappa shape index (κ1) is 25.3. The van der Waals surface area contributed by atoms with Gasteiger partial charge in [0, 0.05) is 25.9 Å². The highest BCUT2D eigenvalue weighted by Crippen LogP contribution is 2.42. The van der Waals surface area contributed by atoms with Gasteiger partial charge in [-0.05, 0) is 60.2 Å². The van der Waals surface area contributed by atoms with Gasteiger partial charge < -0.3 is 29.2 Å². The van der Waals surface area contributed by atoms with E-state index in [2.05, 4.69) is 5.32 Å². The SMILES string of the molecule is COC(=O)CCCC(=O)N1CCc2cc3c(OC)cc2C1c1cccc(c1)OCCCNC(=O)CO3. The number of hydrogen-bond acceptors (Lipinski definition) is 7. The molecule has 3 aliphatic rings. The lowest BCUT2D eigenvalue weighted by Gasteiger charge is -2.38. The van der Waals surface area contributed by atoms with Gasteiger partial charge in [-0.3, -0.25) is 14.4 Å². The topological polar surface area (TPSA) is 103 Å². The van der Waals surface area contributed by atoms with E-state index in [9.17, 15) is 14.4 Å². The van der Waals surface area contributed by atoms with Crippen LogP contribution >= 0.6 is 0 Å². The molecule has 0 saturated heterocycles. The molecular formula is C27H32N2O7. The van der Waals surface area contributed by atoms with E-state index in [1.54, 1.807) is 7.11 Å². The van der Waals surface area contributed by atoms with E-state index in [0.717, 1.165) is 16.7 Å². The average molecular weight is 497 g/mol. The van der Waals surface area contributed by atoms with Crippen molar-refractivity contribution < 1.29 is 33.3 Å². The molecule has 6 bridgehead atoms. The number of benzene rings is 2. The number of nitrogens with zero attached hydrogens (tertiary/aromatic N) is 1. The van der Waals surface area contributed by atoms with Crippen LogP contribution in [-0.4, -0.2) is 63.2 Å². The van der Waals surface area contributed by atoms with Crippen LogP contribution in [0.1, 0.15) is 48.4 Å². The molecule has 0 spiro atoms. The van der Waals surface area contributed by atoms with Crippen molar-refractivity contribution in [2.24, 2.45) is 0 Å². The summed E-state index contributed by atoms with van der Waals surface area (Å²) in [5.41, 5.74) is 2.87. The van der Waals surface area contributed by atoms with Gasteiger partial charge in [-0.15, -0.1) is 0 Å². The minimum Gasteiger partial charge on any atom is -0.494 e. The molecule has 1 atom stereocenters. The first-order valence-corrected chi connectivity index (χ1v) is 12.2. The van der Waals surface area contributed by atoms with Gasteiger partial charge in [-0.2, -0.15) is 0 Å². The number of nitrogens with one attached hydrogen (secondary N) is 1. The number of methoxy groups -OCH3 is 2. The van der Waals surface area contributed by atoms with Crippen molar-refractivity contribution in [3.8, 4) is 17.2 Å². The van der Waals surface area contributed by atoms with Crippen LogP contribution in [0, 0.1) is 0 Å². The maximum Gasteiger partial charge on any atom is 0.305 e. The molecule has 1 unspecified atom stereocenters. The number of rotatable bonds is 5. The van der Waals surface area contributed by atoms with Crippen molar-refractivity contribution in [3.63, 3.8) is 0 Å². The molecule has 1 N–H and O–H groups in total. The zero-order chi connectivity index (χ0) is 25.5. The van der Waals surface area contributed by atoms with E-state index in [1.807, 2.05) is 41.3 Å². The van der Waals surface area contributed by atoms with Gasteiger partial charge in [-0.1, -0.05) is 12.1 Å². The van der Waals surface area contributed by atoms with Gasteiger partial charge in [0.1, 0.15) is 5.75 Å². The van der Waals surface area contributed by atoms with Gasteiger partial charge in [0.15, 0.2) is 18.1 Å². The maximum atomic E-state index is 13.4. The second kappa shape index (κ2) is 11.8. The summed E-state index contributed by atoms with van der Waals surface area (Å²) in [6.07, 6.45) is 2.12. The number of fused-ring (bicyclic) bond motifs is 8. The van der Waals surface area contributed by atoms with E-state index in [4.69, 9.17) is 18.9 Å². The lowest BCUT2D eigenvalue weighted by atomic mass is 9.87. The molecule has 0 aromatic heterocycles. The molecule has 2 aromatic carbocycles. The first-order valence-electron chi connectivity index (χ1n) is 12.2. The lowest BCUT2D eigenvalue weighted by Crippen LogP contribution is -2.40. The molecule has 2 aromatic rings. The number of hydrogen-bond donors (Lipinski definition) is 1. The summed E-state index contributed by atoms with van der Waals surface area (Å²) in [6.45, 7) is 1.30. The third kappa shape index (κ3) is 5.90. The van der Waals surface area contributed by atoms with E-state index in [1.165, 1.54) is 7.11 Å². The Kier molecular flexibility index (Phi) is 8.30. The third-order valence-corrected chi connectivity index (χ3v) is 6.42. The molecule has 192 valence electrons. The van der Waals surface area contributed by atoms with Crippen LogP contribution in [0.5, 0.6) is 17.2 Å². The lowest BCUT2D eigenvalue weighted by molar-refractivity contribution is -0.141. The molecule has 0 fully saturated rings. The highest BCUT2D eigenvalue weighted by Gasteiger charge is 2.33. The molecule has 0 aliphatic carbocycles. The second-order valence-corrected chi connectivity index (χ2v) is 8.78. The van der Waals surface area contributed by atoms with Crippen LogP contribution in [0.4, 0.5) is 0 Å². The molecule has 9 heteroatoms. The summed E-state index contributed by atoms with van der Waals surface area (Å²) >= 11 is 0. The summed E-state index contributed by atoms with van der Waals surface area (Å²) in [6, 6.07) is 11.2. The smallest absolute Gasteiger partial charge is 0.305 e. The van der Waals surface area contributed by atoms with Gasteiger partial charge in [0.2, 0.25) is 5.91 Å². The number of carbonyl (C=O) groups excluding carboxylic acids is 3. The summed E-state index contributed by atoms with van der Waals surface area (Å²) in [4.78, 5) is 39.0. The molecular weight excluding hydrogens is 464 g/mol. The first-order chi connectivity index (χ1) is 17.5. The maximum absolute atomic E-state index is 13.4. The molecule has 0 radical (unpaired) electrons. The Labute approximate surface area is 210 Å². The Morgan fingerprint density at radius 3 is 2.81 bits per heavy atom. The van der Waals surface area contributed by atoms with Gasteiger partial charge >= 0.3 is 5.97 Å². The third-order valence-electron chi connectivity index (χ3n) is 6.42. The summed E-state index contributed by atoms with van der Waals surface area (Å²) in [7, 11) is 2.90. The molecule has 0 saturated carbocycles. The fraction of sp³-hybridized carbons (Fsp3) is 0.444. The number of carbonyl (C=O) groups is 3. The van der Waals surface area contributed by atoms with Crippen molar-refractivity contribution >= 4 is 17.8 Å². The molecule has 36 heavy (non-hydrogen) atoms. The highest BCUT2D eigenvalue weighted by molar-refractivity contribution is 5.79. The van der Waals surface area contributed by atoms with Crippen molar-refractivity contribution in [3.05, 3.63) is 53.1 Å². The standard InChI is InChI=1S/C27H32N2O7/c1-33-22-16-21-18-10-12-29(25(31)8-4-9-26(32)34-2)27(21)19-6-3-7-20(14-19)35-13-5-11-28-24(30)17-36-23(22)15-18/h3,6-7,14-16,27H,4-5,8-13,17H2,1-2H3,(H,28,30). The van der Waals surface area contributed by atoms with Crippen LogP contribution in [0.15, 0.2) is 36.4 Å². The van der Waals surface area contributed by atoms with Gasteiger partial charge in [-0.25, -0.2) is 0 Å². The summed E-state index contributed by atoms with van der Waals surface area (Å²) < 4.78 is 22.1. The predicted octanol–water partition coefficient (Wildman–Crippen LogP) is 2.79. The van der Waals surface area contributed by atoms with Gasteiger partial charge in [0.05, 0.1) is 26.9 Å². The van der Waals surface area contributed by atoms with E-state index in [0.29, 0.717) is 56.2 Å². The Morgan fingerprint density at radius 2 is 2.00 bits per heavy atom. The zero-order valence-electron chi connectivity index (χ0n) is 20.7. The van der Waals surface area contributed by atoms with Gasteiger partial charge in [0.25, 0.3) is 5.91 Å². The van der Waals surface area contributed by atoms with E-state index < -0.39 is 0 Å². The summed E-state index contributed by atoms with van der Waals surface area (Å²) in [5, 5.41) is 2.83. The molecule has 3 heterocycles. The van der Waals surface area contributed by atoms with Crippen LogP contribution < -0.4 is 19.5 Å². The highest BCUT2D eigenvalue weighted by atomic mass is 16.5. The minimum atomic E-state index is -0.359. The predicted molar refractivity (Wildman–Crippen MR) is 131 cm³/mol. The quantitative estimate of drug-likeness (QED) is 0.635. The van der Waals surface area contributed by atoms with Crippen LogP contribution in [0.25, 0.3) is 0 Å². The Hall–Kier alpha value is -3.75. The zero-order valence-corrected chi connectivity index (χ0v) is 20.7. The van der Waals surface area contributed by atoms with Crippen molar-refractivity contribution in [2.75, 3.05) is 40.5 Å². The fourth-order valence-electron chi connectivity index (χ4n) is 4.62. The molecule has 3 aliphatic heterocycles. The van der Waals surface area contributed by atoms with E-state index >= 15 is 0 Å². The molecule has 2 amide bonds. The normalized spacial score (nSPS) is 17.4. The van der Waals surface area contributed by atoms with E-state index in [-0.39, 0.29) is 43.3 Å². The van der Waals surface area contributed by atoms with Crippen LogP contribution in [-0.2, 0) is 25.5 Å². The Morgan fingerprint density at radius 1 is 1.14 bits per heavy atom. The van der Waals surface area contributed by atoms with Crippen molar-refractivity contribution in [1.82, 2.24) is 10.2 Å². The molecule has 9 nitrogen and oxygen atoms in total. The second-order valence-electron chi connectivity index (χ2n) is 8.78. The van der Waals surface area contributed by atoms with Crippen molar-refractivity contribution in [2.45, 2.75) is 38.1 Å². The number of esters is 1. The molecule has 5 rings (SSSR count).